The monoisotopic (exact) mass is 414 g/mol. The van der Waals surface area contributed by atoms with Gasteiger partial charge in [-0.1, -0.05) is 13.8 Å². The molecule has 2 rings (SSSR count). The van der Waals surface area contributed by atoms with Crippen LogP contribution in [0.3, 0.4) is 0 Å². The molecule has 0 unspecified atom stereocenters. The van der Waals surface area contributed by atoms with Crippen LogP contribution in [0.2, 0.25) is 0 Å². The van der Waals surface area contributed by atoms with E-state index in [1.54, 1.807) is 0 Å². The summed E-state index contributed by atoms with van der Waals surface area (Å²) in [5, 5.41) is 6.32. The molecule has 0 aromatic carbocycles. The molecule has 6 nitrogen and oxygen atoms in total. The number of carbonyl (C=O) groups is 2. The van der Waals surface area contributed by atoms with E-state index in [1.807, 2.05) is 13.8 Å². The van der Waals surface area contributed by atoms with E-state index in [2.05, 4.69) is 24.5 Å². The van der Waals surface area contributed by atoms with Gasteiger partial charge in [-0.25, -0.2) is 0 Å². The van der Waals surface area contributed by atoms with E-state index in [1.165, 1.54) is 0 Å². The van der Waals surface area contributed by atoms with Crippen molar-refractivity contribution in [2.45, 2.75) is 65.5 Å². The summed E-state index contributed by atoms with van der Waals surface area (Å²) in [6.07, 6.45) is 4.16. The lowest BCUT2D eigenvalue weighted by molar-refractivity contribution is -0.147. The van der Waals surface area contributed by atoms with Crippen molar-refractivity contribution in [1.29, 1.82) is 0 Å². The van der Waals surface area contributed by atoms with Crippen molar-refractivity contribution in [2.75, 3.05) is 26.3 Å². The summed E-state index contributed by atoms with van der Waals surface area (Å²) in [5.74, 6) is 1.09. The smallest absolute Gasteiger partial charge is 0.323 e. The van der Waals surface area contributed by atoms with Crippen molar-refractivity contribution in [1.82, 2.24) is 10.6 Å². The predicted octanol–water partition coefficient (Wildman–Crippen LogP) is 2.72. The maximum atomic E-state index is 11.3. The number of hydrogen-bond donors (Lipinski definition) is 2. The van der Waals surface area contributed by atoms with Crippen LogP contribution >= 0.6 is 24.8 Å². The second-order valence-corrected chi connectivity index (χ2v) is 6.78. The molecule has 2 saturated heterocycles. The number of carbonyl (C=O) groups excluding carboxylic acids is 2. The minimum atomic E-state index is -0.0935. The van der Waals surface area contributed by atoms with E-state index in [0.29, 0.717) is 25.0 Å². The molecule has 26 heavy (non-hydrogen) atoms. The van der Waals surface area contributed by atoms with E-state index in [-0.39, 0.29) is 48.8 Å². The van der Waals surface area contributed by atoms with Crippen molar-refractivity contribution < 1.29 is 19.1 Å². The van der Waals surface area contributed by atoms with Crippen molar-refractivity contribution in [3.8, 4) is 0 Å². The first-order chi connectivity index (χ1) is 11.5. The standard InChI is InChI=1S/2C9H17NO2.2ClH/c2*1-3-12-9(11)8-6-7(2)4-5-10-8;;/h2*7-8,10H,3-6H2,1-2H3;2*1H/t2*7-,8+;;/m10../s1. The first-order valence-electron chi connectivity index (χ1n) is 9.27. The zero-order valence-corrected chi connectivity index (χ0v) is 18.0. The summed E-state index contributed by atoms with van der Waals surface area (Å²) in [5.41, 5.74) is 0. The first-order valence-corrected chi connectivity index (χ1v) is 9.27. The SMILES string of the molecule is CCOC(=O)[C@@H]1C[C@H](C)CCN1.CCOC(=O)[C@H]1C[C@@H](C)CCN1.Cl.Cl. The van der Waals surface area contributed by atoms with E-state index >= 15 is 0 Å². The summed E-state index contributed by atoms with van der Waals surface area (Å²) in [7, 11) is 0. The molecule has 0 spiro atoms. The predicted molar refractivity (Wildman–Crippen MR) is 108 cm³/mol. The minimum absolute atomic E-state index is 0. The Morgan fingerprint density at radius 2 is 1.15 bits per heavy atom. The minimum Gasteiger partial charge on any atom is -0.465 e. The Kier molecular flexibility index (Phi) is 16.5. The van der Waals surface area contributed by atoms with Gasteiger partial charge in [0.25, 0.3) is 0 Å². The summed E-state index contributed by atoms with van der Waals surface area (Å²) >= 11 is 0. The number of rotatable bonds is 4. The van der Waals surface area contributed by atoms with Crippen molar-refractivity contribution in [3.63, 3.8) is 0 Å². The maximum absolute atomic E-state index is 11.3. The van der Waals surface area contributed by atoms with Crippen molar-refractivity contribution >= 4 is 36.8 Å². The summed E-state index contributed by atoms with van der Waals surface area (Å²) in [6, 6.07) is -0.123. The van der Waals surface area contributed by atoms with Crippen LogP contribution in [0.4, 0.5) is 0 Å². The van der Waals surface area contributed by atoms with Crippen LogP contribution in [-0.2, 0) is 19.1 Å². The molecule has 2 heterocycles. The van der Waals surface area contributed by atoms with Crippen LogP contribution < -0.4 is 10.6 Å². The molecule has 8 heteroatoms. The highest BCUT2D eigenvalue weighted by Crippen LogP contribution is 2.16. The Morgan fingerprint density at radius 3 is 1.42 bits per heavy atom. The number of nitrogens with one attached hydrogen (secondary N) is 2. The van der Waals surface area contributed by atoms with Gasteiger partial charge in [0.2, 0.25) is 0 Å². The third kappa shape index (κ3) is 10.6. The molecule has 4 atom stereocenters. The second-order valence-electron chi connectivity index (χ2n) is 6.78. The molecule has 2 aliphatic heterocycles. The lowest BCUT2D eigenvalue weighted by atomic mass is 9.94. The zero-order chi connectivity index (χ0) is 17.9. The van der Waals surface area contributed by atoms with Gasteiger partial charge in [-0.05, 0) is 64.5 Å². The van der Waals surface area contributed by atoms with Crippen LogP contribution in [0, 0.1) is 11.8 Å². The Bertz CT molecular complexity index is 363. The number of piperidine rings is 2. The van der Waals surface area contributed by atoms with Crippen LogP contribution in [0.15, 0.2) is 0 Å². The van der Waals surface area contributed by atoms with Crippen LogP contribution in [0.25, 0.3) is 0 Å². The fraction of sp³-hybridized carbons (Fsp3) is 0.889. The average Bonchev–Trinajstić information content (AvgIpc) is 2.56. The van der Waals surface area contributed by atoms with E-state index in [0.717, 1.165) is 38.8 Å². The fourth-order valence-electron chi connectivity index (χ4n) is 3.06. The Hall–Kier alpha value is -0.560. The quantitative estimate of drug-likeness (QED) is 0.688. The van der Waals surface area contributed by atoms with Gasteiger partial charge < -0.3 is 20.1 Å². The molecule has 0 bridgehead atoms. The first kappa shape index (κ1) is 27.7. The zero-order valence-electron chi connectivity index (χ0n) is 16.4. The van der Waals surface area contributed by atoms with E-state index < -0.39 is 0 Å². The number of esters is 2. The van der Waals surface area contributed by atoms with Crippen LogP contribution in [0.5, 0.6) is 0 Å². The van der Waals surface area contributed by atoms with Crippen molar-refractivity contribution in [3.05, 3.63) is 0 Å². The summed E-state index contributed by atoms with van der Waals surface area (Å²) < 4.78 is 9.86. The van der Waals surface area contributed by atoms with Gasteiger partial charge in [0, 0.05) is 0 Å². The molecule has 0 aromatic rings. The molecule has 156 valence electrons. The summed E-state index contributed by atoms with van der Waals surface area (Å²) in [6.45, 7) is 10.8. The highest BCUT2D eigenvalue weighted by Gasteiger charge is 2.25. The molecule has 2 aliphatic rings. The third-order valence-electron chi connectivity index (χ3n) is 4.47. The molecule has 0 aromatic heterocycles. The van der Waals surface area contributed by atoms with Gasteiger partial charge in [0.1, 0.15) is 12.1 Å². The summed E-state index contributed by atoms with van der Waals surface area (Å²) in [4.78, 5) is 22.5. The van der Waals surface area contributed by atoms with Gasteiger partial charge in [0.15, 0.2) is 0 Å². The average molecular weight is 415 g/mol. The maximum Gasteiger partial charge on any atom is 0.323 e. The third-order valence-corrected chi connectivity index (χ3v) is 4.47. The molecule has 0 aliphatic carbocycles. The number of ether oxygens (including phenoxy) is 2. The lowest BCUT2D eigenvalue weighted by Gasteiger charge is -2.26. The van der Waals surface area contributed by atoms with Gasteiger partial charge in [-0.2, -0.15) is 0 Å². The van der Waals surface area contributed by atoms with Gasteiger partial charge in [-0.3, -0.25) is 9.59 Å². The normalized spacial score (nSPS) is 27.5. The Balaban J connectivity index is 0. The highest BCUT2D eigenvalue weighted by atomic mass is 35.5. The van der Waals surface area contributed by atoms with Crippen LogP contribution in [-0.4, -0.2) is 50.3 Å². The fourth-order valence-corrected chi connectivity index (χ4v) is 3.06. The highest BCUT2D eigenvalue weighted by molar-refractivity contribution is 5.85. The Morgan fingerprint density at radius 1 is 0.808 bits per heavy atom. The molecule has 2 fully saturated rings. The van der Waals surface area contributed by atoms with E-state index in [4.69, 9.17) is 9.47 Å². The van der Waals surface area contributed by atoms with Crippen molar-refractivity contribution in [2.24, 2.45) is 11.8 Å². The molecule has 0 saturated carbocycles. The second kappa shape index (κ2) is 15.5. The topological polar surface area (TPSA) is 76.7 Å². The van der Waals surface area contributed by atoms with Crippen LogP contribution in [0.1, 0.15) is 53.4 Å². The molecular weight excluding hydrogens is 379 g/mol. The lowest BCUT2D eigenvalue weighted by Crippen LogP contribution is -2.43. The number of halogens is 2. The van der Waals surface area contributed by atoms with E-state index in [9.17, 15) is 9.59 Å². The van der Waals surface area contributed by atoms with Gasteiger partial charge in [0.05, 0.1) is 13.2 Å². The molecule has 0 radical (unpaired) electrons. The Labute approximate surface area is 170 Å². The van der Waals surface area contributed by atoms with Gasteiger partial charge in [-0.15, -0.1) is 24.8 Å². The number of hydrogen-bond acceptors (Lipinski definition) is 6. The molecule has 0 amide bonds. The molecular formula is C18H36Cl2N2O4. The molecule has 2 N–H and O–H groups in total. The largest absolute Gasteiger partial charge is 0.465 e. The van der Waals surface area contributed by atoms with Gasteiger partial charge >= 0.3 is 11.9 Å².